The third-order valence-corrected chi connectivity index (χ3v) is 2.51. The van der Waals surface area contributed by atoms with E-state index in [0.29, 0.717) is 0 Å². The van der Waals surface area contributed by atoms with Gasteiger partial charge in [-0.25, -0.2) is 9.97 Å². The van der Waals surface area contributed by atoms with Crippen molar-refractivity contribution in [3.63, 3.8) is 0 Å². The number of aryl methyl sites for hydroxylation is 1. The molecule has 0 aliphatic carbocycles. The summed E-state index contributed by atoms with van der Waals surface area (Å²) >= 11 is 0. The molecule has 0 amide bonds. The fourth-order valence-electron chi connectivity index (χ4n) is 1.27. The predicted molar refractivity (Wildman–Crippen MR) is 80.3 cm³/mol. The van der Waals surface area contributed by atoms with E-state index in [-0.39, 0.29) is 0 Å². The maximum absolute atomic E-state index is 4.17. The van der Waals surface area contributed by atoms with Crippen LogP contribution in [-0.2, 0) is 0 Å². The SMILES string of the molecule is C=C(/C=C(\C)c1cnc(C)nc1)C(=C)CC.CC. The Hall–Kier alpha value is -1.70. The van der Waals surface area contributed by atoms with Crippen LogP contribution < -0.4 is 0 Å². The second kappa shape index (κ2) is 8.40. The zero-order valence-electron chi connectivity index (χ0n) is 12.2. The molecule has 2 nitrogen and oxygen atoms in total. The van der Waals surface area contributed by atoms with E-state index in [1.54, 1.807) is 0 Å². The highest BCUT2D eigenvalue weighted by Crippen LogP contribution is 2.18. The fourth-order valence-corrected chi connectivity index (χ4v) is 1.27. The Morgan fingerprint density at radius 2 is 1.72 bits per heavy atom. The Labute approximate surface area is 111 Å². The van der Waals surface area contributed by atoms with Crippen molar-refractivity contribution < 1.29 is 0 Å². The Kier molecular flexibility index (Phi) is 7.61. The van der Waals surface area contributed by atoms with E-state index < -0.39 is 0 Å². The fraction of sp³-hybridized carbons (Fsp3) is 0.375. The van der Waals surface area contributed by atoms with E-state index in [1.165, 1.54) is 0 Å². The van der Waals surface area contributed by atoms with Crippen LogP contribution in [0.1, 0.15) is 45.5 Å². The summed E-state index contributed by atoms with van der Waals surface area (Å²) in [6.45, 7) is 17.9. The zero-order valence-corrected chi connectivity index (χ0v) is 12.2. The second-order valence-electron chi connectivity index (χ2n) is 3.83. The summed E-state index contributed by atoms with van der Waals surface area (Å²) in [6.07, 6.45) is 6.61. The van der Waals surface area contributed by atoms with Crippen molar-refractivity contribution in [3.05, 3.63) is 54.2 Å². The van der Waals surface area contributed by atoms with Crippen LogP contribution in [0.5, 0.6) is 0 Å². The maximum Gasteiger partial charge on any atom is 0.125 e. The summed E-state index contributed by atoms with van der Waals surface area (Å²) in [6, 6.07) is 0. The molecule has 0 bridgehead atoms. The molecular formula is C16H24N2. The van der Waals surface area contributed by atoms with E-state index >= 15 is 0 Å². The molecule has 1 aromatic rings. The van der Waals surface area contributed by atoms with Gasteiger partial charge in [-0.2, -0.15) is 0 Å². The number of hydrogen-bond donors (Lipinski definition) is 0. The highest BCUT2D eigenvalue weighted by atomic mass is 14.8. The van der Waals surface area contributed by atoms with Gasteiger partial charge in [0.2, 0.25) is 0 Å². The molecule has 0 saturated heterocycles. The number of hydrogen-bond acceptors (Lipinski definition) is 2. The molecule has 98 valence electrons. The maximum atomic E-state index is 4.17. The second-order valence-corrected chi connectivity index (χ2v) is 3.83. The van der Waals surface area contributed by atoms with E-state index in [0.717, 1.165) is 34.5 Å². The average Bonchev–Trinajstić information content (AvgIpc) is 2.40. The summed E-state index contributed by atoms with van der Waals surface area (Å²) in [7, 11) is 0. The Balaban J connectivity index is 0.00000137. The highest BCUT2D eigenvalue weighted by molar-refractivity contribution is 5.66. The standard InChI is InChI=1S/C14H18N2.C2H6/c1-6-10(2)11(3)7-12(4)14-8-15-13(5)16-9-14;1-2/h7-9H,2-3,6H2,1,4-5H3;1-2H3/b12-7+;. The first-order valence-electron chi connectivity index (χ1n) is 6.39. The van der Waals surface area contributed by atoms with Gasteiger partial charge < -0.3 is 0 Å². The van der Waals surface area contributed by atoms with Crippen molar-refractivity contribution in [1.29, 1.82) is 0 Å². The quantitative estimate of drug-likeness (QED) is 0.715. The van der Waals surface area contributed by atoms with Gasteiger partial charge in [-0.1, -0.05) is 40.0 Å². The summed E-state index contributed by atoms with van der Waals surface area (Å²) in [5, 5.41) is 0. The number of allylic oxidation sites excluding steroid dienone is 4. The van der Waals surface area contributed by atoms with Gasteiger partial charge in [0.25, 0.3) is 0 Å². The zero-order chi connectivity index (χ0) is 14.1. The van der Waals surface area contributed by atoms with E-state index in [4.69, 9.17) is 0 Å². The first-order valence-corrected chi connectivity index (χ1v) is 6.39. The molecule has 0 unspecified atom stereocenters. The summed E-state index contributed by atoms with van der Waals surface area (Å²) in [5.74, 6) is 0.786. The molecule has 0 radical (unpaired) electrons. The lowest BCUT2D eigenvalue weighted by Gasteiger charge is -2.05. The molecule has 0 aromatic carbocycles. The van der Waals surface area contributed by atoms with E-state index in [2.05, 4.69) is 30.0 Å². The van der Waals surface area contributed by atoms with Crippen molar-refractivity contribution in [2.45, 2.75) is 41.0 Å². The van der Waals surface area contributed by atoms with Crippen LogP contribution in [0, 0.1) is 6.92 Å². The predicted octanol–water partition coefficient (Wildman–Crippen LogP) is 4.74. The first-order chi connectivity index (χ1) is 8.54. The molecule has 0 atom stereocenters. The van der Waals surface area contributed by atoms with Crippen molar-refractivity contribution >= 4 is 5.57 Å². The Morgan fingerprint density at radius 3 is 2.17 bits per heavy atom. The third kappa shape index (κ3) is 5.09. The lowest BCUT2D eigenvalue weighted by atomic mass is 10.0. The van der Waals surface area contributed by atoms with E-state index in [1.807, 2.05) is 46.2 Å². The molecule has 1 aromatic heterocycles. The minimum atomic E-state index is 0.786. The largest absolute Gasteiger partial charge is 0.241 e. The number of rotatable bonds is 4. The van der Waals surface area contributed by atoms with Gasteiger partial charge >= 0.3 is 0 Å². The van der Waals surface area contributed by atoms with Gasteiger partial charge in [0.1, 0.15) is 5.82 Å². The Morgan fingerprint density at radius 1 is 1.22 bits per heavy atom. The molecule has 0 aliphatic heterocycles. The normalized spacial score (nSPS) is 10.4. The van der Waals surface area contributed by atoms with E-state index in [9.17, 15) is 0 Å². The van der Waals surface area contributed by atoms with Crippen molar-refractivity contribution in [1.82, 2.24) is 9.97 Å². The molecule has 1 heterocycles. The van der Waals surface area contributed by atoms with Crippen molar-refractivity contribution in [2.75, 3.05) is 0 Å². The van der Waals surface area contributed by atoms with Gasteiger partial charge in [-0.05, 0) is 37.0 Å². The minimum Gasteiger partial charge on any atom is -0.241 e. The van der Waals surface area contributed by atoms with Crippen molar-refractivity contribution in [2.24, 2.45) is 0 Å². The van der Waals surface area contributed by atoms with Gasteiger partial charge in [-0.3, -0.25) is 0 Å². The summed E-state index contributed by atoms with van der Waals surface area (Å²) < 4.78 is 0. The smallest absolute Gasteiger partial charge is 0.125 e. The minimum absolute atomic E-state index is 0.786. The number of nitrogens with zero attached hydrogens (tertiary/aromatic N) is 2. The van der Waals surface area contributed by atoms with Crippen LogP contribution in [0.2, 0.25) is 0 Å². The molecular weight excluding hydrogens is 220 g/mol. The summed E-state index contributed by atoms with van der Waals surface area (Å²) in [4.78, 5) is 8.34. The third-order valence-electron chi connectivity index (χ3n) is 2.51. The highest BCUT2D eigenvalue weighted by Gasteiger charge is 1.99. The van der Waals surface area contributed by atoms with Crippen LogP contribution in [0.25, 0.3) is 5.57 Å². The van der Waals surface area contributed by atoms with Gasteiger partial charge in [0.05, 0.1) is 0 Å². The van der Waals surface area contributed by atoms with Gasteiger partial charge in [0.15, 0.2) is 0 Å². The van der Waals surface area contributed by atoms with Gasteiger partial charge in [-0.15, -0.1) is 0 Å². The summed E-state index contributed by atoms with van der Waals surface area (Å²) in [5.41, 5.74) is 4.17. The van der Waals surface area contributed by atoms with Crippen LogP contribution in [0.4, 0.5) is 0 Å². The molecule has 18 heavy (non-hydrogen) atoms. The van der Waals surface area contributed by atoms with Crippen LogP contribution in [0.15, 0.2) is 42.8 Å². The van der Waals surface area contributed by atoms with Gasteiger partial charge in [0, 0.05) is 18.0 Å². The monoisotopic (exact) mass is 244 g/mol. The average molecular weight is 244 g/mol. The van der Waals surface area contributed by atoms with Crippen LogP contribution in [0.3, 0.4) is 0 Å². The molecule has 1 rings (SSSR count). The topological polar surface area (TPSA) is 25.8 Å². The molecule has 2 heteroatoms. The van der Waals surface area contributed by atoms with Crippen LogP contribution >= 0.6 is 0 Å². The first kappa shape index (κ1) is 16.3. The van der Waals surface area contributed by atoms with Crippen LogP contribution in [-0.4, -0.2) is 9.97 Å². The molecule has 0 spiro atoms. The lowest BCUT2D eigenvalue weighted by molar-refractivity contribution is 1.04. The molecule has 0 N–H and O–H groups in total. The number of aromatic nitrogens is 2. The molecule has 0 saturated carbocycles. The van der Waals surface area contributed by atoms with Crippen molar-refractivity contribution in [3.8, 4) is 0 Å². The lowest BCUT2D eigenvalue weighted by Crippen LogP contribution is -1.90. The molecule has 0 fully saturated rings. The molecule has 0 aliphatic rings. The Bertz CT molecular complexity index is 425.